The average molecular weight is 300 g/mol. The molecule has 0 aromatic rings. The molecule has 1 saturated carbocycles. The van der Waals surface area contributed by atoms with Gasteiger partial charge in [0, 0.05) is 28.9 Å². The van der Waals surface area contributed by atoms with Crippen molar-refractivity contribution in [3.05, 3.63) is 0 Å². The average Bonchev–Trinajstić information content (AvgIpc) is 2.42. The van der Waals surface area contributed by atoms with Crippen LogP contribution in [0, 0.1) is 0 Å². The number of amides is 2. The Balaban J connectivity index is 2.22. The van der Waals surface area contributed by atoms with Gasteiger partial charge >= 0.3 is 0 Å². The highest BCUT2D eigenvalue weighted by atomic mass is 32.2. The fraction of sp³-hybridized carbons (Fsp3) is 0.857. The summed E-state index contributed by atoms with van der Waals surface area (Å²) in [6.07, 6.45) is 6.16. The second-order valence-corrected chi connectivity index (χ2v) is 7.88. The smallest absolute Gasteiger partial charge is 0.249 e. The molecule has 1 N–H and O–H groups in total. The van der Waals surface area contributed by atoms with E-state index in [9.17, 15) is 13.8 Å². The first-order valence-electron chi connectivity index (χ1n) is 7.33. The Labute approximate surface area is 122 Å². The summed E-state index contributed by atoms with van der Waals surface area (Å²) in [5, 5.41) is 2.84. The molecule has 0 aromatic heterocycles. The van der Waals surface area contributed by atoms with Crippen LogP contribution in [0.1, 0.15) is 46.0 Å². The molecule has 2 rings (SSSR count). The van der Waals surface area contributed by atoms with E-state index < -0.39 is 22.4 Å². The van der Waals surface area contributed by atoms with E-state index in [0.29, 0.717) is 6.54 Å². The maximum absolute atomic E-state index is 12.8. The van der Waals surface area contributed by atoms with Gasteiger partial charge in [-0.25, -0.2) is 0 Å². The van der Waals surface area contributed by atoms with E-state index in [-0.39, 0.29) is 17.1 Å². The number of hydrogen-bond acceptors (Lipinski definition) is 3. The second kappa shape index (κ2) is 5.84. The predicted octanol–water partition coefficient (Wildman–Crippen LogP) is 0.803. The summed E-state index contributed by atoms with van der Waals surface area (Å²) in [4.78, 5) is 26.7. The van der Waals surface area contributed by atoms with Gasteiger partial charge in [0.15, 0.2) is 0 Å². The van der Waals surface area contributed by atoms with Gasteiger partial charge in [-0.2, -0.15) is 0 Å². The van der Waals surface area contributed by atoms with Gasteiger partial charge < -0.3 is 10.2 Å². The van der Waals surface area contributed by atoms with Crippen LogP contribution < -0.4 is 5.32 Å². The first-order chi connectivity index (χ1) is 9.37. The molecule has 1 aliphatic heterocycles. The topological polar surface area (TPSA) is 66.5 Å². The SMILES string of the molecule is CC1C(=O)NC2(CCCCC2)C(=O)N1CC(C)S(C)=O. The molecule has 3 unspecified atom stereocenters. The monoisotopic (exact) mass is 300 g/mol. The van der Waals surface area contributed by atoms with Crippen LogP contribution in [0.2, 0.25) is 0 Å². The van der Waals surface area contributed by atoms with Crippen molar-refractivity contribution in [1.29, 1.82) is 0 Å². The molecule has 2 fully saturated rings. The third-order valence-corrected chi connectivity index (χ3v) is 5.89. The van der Waals surface area contributed by atoms with Gasteiger partial charge in [0.2, 0.25) is 11.8 Å². The Bertz CT molecular complexity index is 432. The Morgan fingerprint density at radius 2 is 1.95 bits per heavy atom. The molecule has 3 atom stereocenters. The lowest BCUT2D eigenvalue weighted by Gasteiger charge is -2.47. The fourth-order valence-electron chi connectivity index (χ4n) is 3.10. The van der Waals surface area contributed by atoms with Gasteiger partial charge in [0.1, 0.15) is 11.6 Å². The first kappa shape index (κ1) is 15.5. The van der Waals surface area contributed by atoms with E-state index >= 15 is 0 Å². The molecule has 1 heterocycles. The van der Waals surface area contributed by atoms with Crippen LogP contribution in [0.15, 0.2) is 0 Å². The minimum Gasteiger partial charge on any atom is -0.340 e. The summed E-state index contributed by atoms with van der Waals surface area (Å²) in [5.41, 5.74) is -0.698. The van der Waals surface area contributed by atoms with Crippen molar-refractivity contribution in [3.63, 3.8) is 0 Å². The van der Waals surface area contributed by atoms with Crippen molar-refractivity contribution in [2.75, 3.05) is 12.8 Å². The molecule has 20 heavy (non-hydrogen) atoms. The third-order valence-electron chi connectivity index (χ3n) is 4.61. The lowest BCUT2D eigenvalue weighted by Crippen LogP contribution is -2.70. The summed E-state index contributed by atoms with van der Waals surface area (Å²) in [7, 11) is -0.995. The zero-order chi connectivity index (χ0) is 14.9. The number of piperazine rings is 1. The van der Waals surface area contributed by atoms with Gasteiger partial charge in [0.05, 0.1) is 0 Å². The molecule has 2 amide bonds. The summed E-state index contributed by atoms with van der Waals surface area (Å²) in [5.74, 6) is -0.0674. The molecule has 1 aliphatic carbocycles. The molecular formula is C14H24N2O3S. The Kier molecular flexibility index (Phi) is 4.52. The van der Waals surface area contributed by atoms with Crippen molar-refractivity contribution in [1.82, 2.24) is 10.2 Å². The first-order valence-corrected chi connectivity index (χ1v) is 8.95. The minimum absolute atomic E-state index is 0.0154. The zero-order valence-electron chi connectivity index (χ0n) is 12.5. The van der Waals surface area contributed by atoms with E-state index in [0.717, 1.165) is 32.1 Å². The lowest BCUT2D eigenvalue weighted by molar-refractivity contribution is -0.155. The highest BCUT2D eigenvalue weighted by molar-refractivity contribution is 7.84. The minimum atomic E-state index is -0.995. The molecule has 0 radical (unpaired) electrons. The van der Waals surface area contributed by atoms with Crippen LogP contribution in [0.25, 0.3) is 0 Å². The van der Waals surface area contributed by atoms with Gasteiger partial charge in [-0.05, 0) is 26.7 Å². The van der Waals surface area contributed by atoms with E-state index in [1.165, 1.54) is 0 Å². The number of nitrogens with zero attached hydrogens (tertiary/aromatic N) is 1. The van der Waals surface area contributed by atoms with Crippen LogP contribution in [0.3, 0.4) is 0 Å². The van der Waals surface area contributed by atoms with Gasteiger partial charge in [-0.1, -0.05) is 19.3 Å². The Morgan fingerprint density at radius 3 is 2.50 bits per heavy atom. The van der Waals surface area contributed by atoms with Crippen LogP contribution >= 0.6 is 0 Å². The summed E-state index contributed by atoms with van der Waals surface area (Å²) >= 11 is 0. The Morgan fingerprint density at radius 1 is 1.35 bits per heavy atom. The molecule has 114 valence electrons. The summed E-state index contributed by atoms with van der Waals surface area (Å²) in [6.45, 7) is 3.99. The highest BCUT2D eigenvalue weighted by Crippen LogP contribution is 2.33. The molecule has 6 heteroatoms. The largest absolute Gasteiger partial charge is 0.340 e. The van der Waals surface area contributed by atoms with E-state index in [1.807, 2.05) is 6.92 Å². The number of carbonyl (C=O) groups is 2. The fourth-order valence-corrected chi connectivity index (χ4v) is 3.47. The van der Waals surface area contributed by atoms with Gasteiger partial charge in [0.25, 0.3) is 0 Å². The number of nitrogens with one attached hydrogen (secondary N) is 1. The number of hydrogen-bond donors (Lipinski definition) is 1. The van der Waals surface area contributed by atoms with Crippen molar-refractivity contribution < 1.29 is 13.8 Å². The number of rotatable bonds is 3. The van der Waals surface area contributed by atoms with Crippen LogP contribution in [0.4, 0.5) is 0 Å². The molecule has 1 saturated heterocycles. The third kappa shape index (κ3) is 2.75. The van der Waals surface area contributed by atoms with E-state index in [4.69, 9.17) is 0 Å². The predicted molar refractivity (Wildman–Crippen MR) is 78.7 cm³/mol. The van der Waals surface area contributed by atoms with Gasteiger partial charge in [-0.3, -0.25) is 13.8 Å². The highest BCUT2D eigenvalue weighted by Gasteiger charge is 2.49. The molecule has 1 spiro atoms. The van der Waals surface area contributed by atoms with Crippen molar-refractivity contribution >= 4 is 22.6 Å². The molecule has 0 bridgehead atoms. The molecule has 2 aliphatic rings. The zero-order valence-corrected chi connectivity index (χ0v) is 13.3. The summed E-state index contributed by atoms with van der Waals surface area (Å²) in [6, 6.07) is -0.471. The van der Waals surface area contributed by atoms with Crippen LogP contribution in [-0.4, -0.2) is 50.6 Å². The summed E-state index contributed by atoms with van der Waals surface area (Å²) < 4.78 is 11.6. The van der Waals surface area contributed by atoms with Crippen molar-refractivity contribution in [3.8, 4) is 0 Å². The number of carbonyl (C=O) groups excluding carboxylic acids is 2. The Hall–Kier alpha value is -0.910. The van der Waals surface area contributed by atoms with E-state index in [2.05, 4.69) is 5.32 Å². The second-order valence-electron chi connectivity index (χ2n) is 6.07. The van der Waals surface area contributed by atoms with E-state index in [1.54, 1.807) is 18.1 Å². The van der Waals surface area contributed by atoms with Gasteiger partial charge in [-0.15, -0.1) is 0 Å². The maximum atomic E-state index is 12.8. The maximum Gasteiger partial charge on any atom is 0.249 e. The normalized spacial score (nSPS) is 29.1. The quantitative estimate of drug-likeness (QED) is 0.838. The molecule has 5 nitrogen and oxygen atoms in total. The van der Waals surface area contributed by atoms with Crippen LogP contribution in [-0.2, 0) is 20.4 Å². The molecular weight excluding hydrogens is 276 g/mol. The van der Waals surface area contributed by atoms with Crippen molar-refractivity contribution in [2.45, 2.75) is 62.8 Å². The molecule has 0 aromatic carbocycles. The lowest BCUT2D eigenvalue weighted by atomic mass is 9.78. The van der Waals surface area contributed by atoms with Crippen LogP contribution in [0.5, 0.6) is 0 Å². The standard InChI is InChI=1S/C14H24N2O3S/c1-10(20(3)19)9-16-11(2)12(17)15-14(13(16)18)7-5-4-6-8-14/h10-11H,4-9H2,1-3H3,(H,15,17). The van der Waals surface area contributed by atoms with Crippen molar-refractivity contribution in [2.24, 2.45) is 0 Å².